The lowest BCUT2D eigenvalue weighted by atomic mass is 9.98. The highest BCUT2D eigenvalue weighted by Gasteiger charge is 2.26. The Morgan fingerprint density at radius 3 is 2.38 bits per heavy atom. The van der Waals surface area contributed by atoms with Crippen LogP contribution in [0.15, 0.2) is 71.7 Å². The summed E-state index contributed by atoms with van der Waals surface area (Å²) >= 11 is 12.4. The van der Waals surface area contributed by atoms with E-state index in [1.54, 1.807) is 24.1 Å². The van der Waals surface area contributed by atoms with Crippen LogP contribution >= 0.6 is 23.2 Å². The van der Waals surface area contributed by atoms with Gasteiger partial charge >= 0.3 is 0 Å². The van der Waals surface area contributed by atoms with E-state index in [2.05, 4.69) is 9.88 Å². The molecule has 0 radical (unpaired) electrons. The van der Waals surface area contributed by atoms with E-state index >= 15 is 0 Å². The van der Waals surface area contributed by atoms with Crippen LogP contribution in [0.1, 0.15) is 34.8 Å². The molecule has 3 aromatic carbocycles. The number of hydrogen-bond acceptors (Lipinski definition) is 6. The number of nitrogens with zero attached hydrogens (tertiary/aromatic N) is 5. The van der Waals surface area contributed by atoms with Crippen molar-refractivity contribution in [3.8, 4) is 11.1 Å². The van der Waals surface area contributed by atoms with Gasteiger partial charge in [-0.3, -0.25) is 23.9 Å². The molecule has 2 fully saturated rings. The van der Waals surface area contributed by atoms with Crippen LogP contribution < -0.4 is 5.56 Å². The maximum absolute atomic E-state index is 13.8. The Morgan fingerprint density at radius 2 is 1.64 bits per heavy atom. The third-order valence-corrected chi connectivity index (χ3v) is 9.43. The van der Waals surface area contributed by atoms with Crippen molar-refractivity contribution >= 4 is 46.0 Å². The fourth-order valence-electron chi connectivity index (χ4n) is 6.05. The molecule has 234 valence electrons. The van der Waals surface area contributed by atoms with Crippen LogP contribution in [0.3, 0.4) is 0 Å². The number of ether oxygens (including phenoxy) is 1. The first-order valence-corrected chi connectivity index (χ1v) is 15.9. The van der Waals surface area contributed by atoms with E-state index in [9.17, 15) is 14.4 Å². The lowest BCUT2D eigenvalue weighted by Gasteiger charge is -2.35. The maximum atomic E-state index is 13.8. The fourth-order valence-corrected chi connectivity index (χ4v) is 6.37. The molecule has 0 aliphatic carbocycles. The highest BCUT2D eigenvalue weighted by atomic mass is 35.5. The molecule has 2 aliphatic heterocycles. The van der Waals surface area contributed by atoms with Crippen LogP contribution in [0.2, 0.25) is 10.0 Å². The van der Waals surface area contributed by atoms with Crippen molar-refractivity contribution in [3.05, 3.63) is 98.4 Å². The number of carbonyl (C=O) groups excluding carboxylic acids is 2. The summed E-state index contributed by atoms with van der Waals surface area (Å²) in [5.41, 5.74) is 4.12. The summed E-state index contributed by atoms with van der Waals surface area (Å²) in [4.78, 5) is 49.8. The van der Waals surface area contributed by atoms with Crippen LogP contribution in [-0.2, 0) is 16.1 Å². The molecule has 2 amide bonds. The van der Waals surface area contributed by atoms with Crippen LogP contribution in [0.5, 0.6) is 0 Å². The molecule has 1 atom stereocenters. The van der Waals surface area contributed by atoms with E-state index < -0.39 is 5.56 Å². The minimum Gasteiger partial charge on any atom is -0.379 e. The van der Waals surface area contributed by atoms with Crippen molar-refractivity contribution in [2.45, 2.75) is 25.4 Å². The van der Waals surface area contributed by atoms with E-state index in [1.165, 1.54) is 10.8 Å². The second-order valence-electron chi connectivity index (χ2n) is 11.6. The third-order valence-electron chi connectivity index (χ3n) is 8.71. The lowest BCUT2D eigenvalue weighted by molar-refractivity contribution is -0.133. The first-order chi connectivity index (χ1) is 21.8. The lowest BCUT2D eigenvalue weighted by Crippen LogP contribution is -2.45. The van der Waals surface area contributed by atoms with Crippen LogP contribution in [0, 0.1) is 0 Å². The number of benzene rings is 3. The molecular formula is C34H35Cl2N5O4. The SMILES string of the molecule is CN(C(=O)Cn1c(=O)cnc2cc(Cl)c(Cl)cc21)C(CN1CCOCC1)c1ccc(-c2cccc(C(=O)N3CCCC3)c2)cc1. The van der Waals surface area contributed by atoms with Crippen molar-refractivity contribution in [1.29, 1.82) is 0 Å². The quantitative estimate of drug-likeness (QED) is 0.263. The summed E-state index contributed by atoms with van der Waals surface area (Å²) in [5, 5.41) is 0.603. The van der Waals surface area contributed by atoms with E-state index in [4.69, 9.17) is 27.9 Å². The monoisotopic (exact) mass is 647 g/mol. The maximum Gasteiger partial charge on any atom is 0.269 e. The summed E-state index contributed by atoms with van der Waals surface area (Å²) in [5.74, 6) is -0.158. The fraction of sp³-hybridized carbons (Fsp3) is 0.353. The third kappa shape index (κ3) is 6.92. The number of carbonyl (C=O) groups is 2. The van der Waals surface area contributed by atoms with Gasteiger partial charge in [0, 0.05) is 45.3 Å². The molecule has 9 nitrogen and oxygen atoms in total. The van der Waals surface area contributed by atoms with Gasteiger partial charge in [-0.2, -0.15) is 0 Å². The number of likely N-dealkylation sites (tertiary alicyclic amines) is 1. The van der Waals surface area contributed by atoms with Gasteiger partial charge in [0.05, 0.1) is 46.5 Å². The first kappa shape index (κ1) is 31.2. The smallest absolute Gasteiger partial charge is 0.269 e. The molecule has 6 rings (SSSR count). The normalized spacial score (nSPS) is 16.2. The van der Waals surface area contributed by atoms with Gasteiger partial charge in [-0.25, -0.2) is 4.98 Å². The van der Waals surface area contributed by atoms with Gasteiger partial charge in [-0.1, -0.05) is 59.6 Å². The first-order valence-electron chi connectivity index (χ1n) is 15.2. The van der Waals surface area contributed by atoms with Crippen LogP contribution in [0.4, 0.5) is 0 Å². The molecule has 1 unspecified atom stereocenters. The molecule has 3 heterocycles. The number of fused-ring (bicyclic) bond motifs is 1. The van der Waals surface area contributed by atoms with Crippen LogP contribution in [-0.4, -0.2) is 89.1 Å². The predicted octanol–water partition coefficient (Wildman–Crippen LogP) is 5.14. The molecule has 2 saturated heterocycles. The van der Waals surface area contributed by atoms with Gasteiger partial charge in [-0.15, -0.1) is 0 Å². The molecule has 0 bridgehead atoms. The standard InChI is InChI=1S/C34H35Cl2N5O4/c1-38(33(43)22-41-30-19-28(36)27(35)18-29(30)37-20-32(41)42)31(21-39-13-15-45-16-14-39)24-9-7-23(8-10-24)25-5-4-6-26(17-25)34(44)40-11-2-3-12-40/h4-10,17-20,31H,2-3,11-16,21-22H2,1H3. The second kappa shape index (κ2) is 13.7. The zero-order chi connectivity index (χ0) is 31.5. The molecule has 2 aliphatic rings. The van der Waals surface area contributed by atoms with E-state index in [0.717, 1.165) is 55.7 Å². The number of likely N-dealkylation sites (N-methyl/N-ethyl adjacent to an activating group) is 1. The zero-order valence-electron chi connectivity index (χ0n) is 25.1. The van der Waals surface area contributed by atoms with E-state index in [-0.39, 0.29) is 29.4 Å². The molecule has 4 aromatic rings. The highest BCUT2D eigenvalue weighted by molar-refractivity contribution is 6.42. The second-order valence-corrected chi connectivity index (χ2v) is 12.4. The number of morpholine rings is 1. The predicted molar refractivity (Wildman–Crippen MR) is 176 cm³/mol. The number of rotatable bonds is 8. The average Bonchev–Trinajstić information content (AvgIpc) is 3.61. The Labute approximate surface area is 271 Å². The van der Waals surface area contributed by atoms with Crippen molar-refractivity contribution < 1.29 is 14.3 Å². The van der Waals surface area contributed by atoms with Crippen molar-refractivity contribution in [2.75, 3.05) is 53.0 Å². The Bertz CT molecular complexity index is 1770. The van der Waals surface area contributed by atoms with Crippen LogP contribution in [0.25, 0.3) is 22.2 Å². The van der Waals surface area contributed by atoms with Gasteiger partial charge < -0.3 is 14.5 Å². The minimum atomic E-state index is -0.401. The highest BCUT2D eigenvalue weighted by Crippen LogP contribution is 2.29. The average molecular weight is 649 g/mol. The number of aromatic nitrogens is 2. The summed E-state index contributed by atoms with van der Waals surface area (Å²) in [7, 11) is 1.77. The Hall–Kier alpha value is -3.76. The number of halogens is 2. The van der Waals surface area contributed by atoms with E-state index in [1.807, 2.05) is 53.4 Å². The van der Waals surface area contributed by atoms with E-state index in [0.29, 0.717) is 41.4 Å². The van der Waals surface area contributed by atoms with Crippen molar-refractivity contribution in [1.82, 2.24) is 24.3 Å². The van der Waals surface area contributed by atoms with Gasteiger partial charge in [0.2, 0.25) is 5.91 Å². The van der Waals surface area contributed by atoms with Crippen molar-refractivity contribution in [3.63, 3.8) is 0 Å². The molecular weight excluding hydrogens is 613 g/mol. The Balaban J connectivity index is 1.26. The summed E-state index contributed by atoms with van der Waals surface area (Å²) in [6, 6.07) is 18.8. The summed E-state index contributed by atoms with van der Waals surface area (Å²) < 4.78 is 6.94. The molecule has 0 saturated carbocycles. The topological polar surface area (TPSA) is 88.0 Å². The molecule has 0 N–H and O–H groups in total. The van der Waals surface area contributed by atoms with Gasteiger partial charge in [0.1, 0.15) is 6.54 Å². The molecule has 45 heavy (non-hydrogen) atoms. The van der Waals surface area contributed by atoms with Gasteiger partial charge in [0.15, 0.2) is 0 Å². The Morgan fingerprint density at radius 1 is 0.933 bits per heavy atom. The molecule has 11 heteroatoms. The Kier molecular flexibility index (Phi) is 9.51. The van der Waals surface area contributed by atoms with Gasteiger partial charge in [-0.05, 0) is 53.8 Å². The number of hydrogen-bond donors (Lipinski definition) is 0. The minimum absolute atomic E-state index is 0.0723. The zero-order valence-corrected chi connectivity index (χ0v) is 26.6. The number of amides is 2. The molecule has 1 aromatic heterocycles. The molecule has 0 spiro atoms. The summed E-state index contributed by atoms with van der Waals surface area (Å²) in [6.07, 6.45) is 3.29. The van der Waals surface area contributed by atoms with Gasteiger partial charge in [0.25, 0.3) is 11.5 Å². The largest absolute Gasteiger partial charge is 0.379 e. The summed E-state index contributed by atoms with van der Waals surface area (Å²) in [6.45, 7) is 4.85. The van der Waals surface area contributed by atoms with Crippen molar-refractivity contribution in [2.24, 2.45) is 0 Å².